The molecule has 1 saturated carbocycles. The lowest BCUT2D eigenvalue weighted by Gasteiger charge is -2.20. The summed E-state index contributed by atoms with van der Waals surface area (Å²) in [7, 11) is 0. The van der Waals surface area contributed by atoms with Gasteiger partial charge in [-0.1, -0.05) is 32.9 Å². The number of carbonyl (C=O) groups is 1. The average molecular weight is 468 g/mol. The van der Waals surface area contributed by atoms with Crippen molar-refractivity contribution in [1.29, 1.82) is 0 Å². The Morgan fingerprint density at radius 2 is 1.94 bits per heavy atom. The van der Waals surface area contributed by atoms with E-state index >= 15 is 0 Å². The van der Waals surface area contributed by atoms with Gasteiger partial charge in [0.1, 0.15) is 17.4 Å². The van der Waals surface area contributed by atoms with E-state index in [0.717, 1.165) is 37.3 Å². The highest BCUT2D eigenvalue weighted by Crippen LogP contribution is 2.42. The van der Waals surface area contributed by atoms with Gasteiger partial charge in [0, 0.05) is 36.6 Å². The number of carbonyl (C=O) groups excluding carboxylic acids is 1. The first-order valence-corrected chi connectivity index (χ1v) is 12.2. The van der Waals surface area contributed by atoms with Crippen molar-refractivity contribution in [3.05, 3.63) is 47.2 Å². The van der Waals surface area contributed by atoms with Gasteiger partial charge in [-0.15, -0.1) is 10.2 Å². The summed E-state index contributed by atoms with van der Waals surface area (Å²) in [5.41, 5.74) is 2.01. The molecule has 1 atom stereocenters. The maximum Gasteiger partial charge on any atom is 0.225 e. The molecule has 1 aliphatic rings. The first-order chi connectivity index (χ1) is 16.2. The number of aromatic nitrogens is 4. The van der Waals surface area contributed by atoms with E-state index in [2.05, 4.69) is 52.9 Å². The summed E-state index contributed by atoms with van der Waals surface area (Å²) in [6.45, 7) is 10.4. The van der Waals surface area contributed by atoms with Crippen molar-refractivity contribution in [2.24, 2.45) is 11.8 Å². The van der Waals surface area contributed by atoms with Crippen LogP contribution in [0.25, 0.3) is 11.5 Å². The lowest BCUT2D eigenvalue weighted by atomic mass is 9.92. The minimum absolute atomic E-state index is 0.0929. The third-order valence-corrected chi connectivity index (χ3v) is 6.05. The molecule has 0 aliphatic heterocycles. The number of hydrogen-bond donors (Lipinski definition) is 1. The zero-order valence-corrected chi connectivity index (χ0v) is 20.6. The molecule has 7 nitrogen and oxygen atoms in total. The molecule has 2 heterocycles. The SMILES string of the molecule is Cc1cc(F)ccc1NC(=O)C[C@H](CC(C)C)c1nnc(-c2cc(CC(C)C)on2)n1C1CC1. The van der Waals surface area contributed by atoms with Crippen molar-refractivity contribution in [2.45, 2.75) is 78.7 Å². The molecule has 34 heavy (non-hydrogen) atoms. The summed E-state index contributed by atoms with van der Waals surface area (Å²) in [6, 6.07) is 6.65. The van der Waals surface area contributed by atoms with Crippen LogP contribution in [-0.4, -0.2) is 25.8 Å². The van der Waals surface area contributed by atoms with E-state index in [-0.39, 0.29) is 24.1 Å². The van der Waals surface area contributed by atoms with Crippen LogP contribution in [-0.2, 0) is 11.2 Å². The smallest absolute Gasteiger partial charge is 0.225 e. The van der Waals surface area contributed by atoms with Gasteiger partial charge in [-0.2, -0.15) is 0 Å². The highest BCUT2D eigenvalue weighted by atomic mass is 19.1. The minimum atomic E-state index is -0.317. The Hall–Kier alpha value is -3.03. The van der Waals surface area contributed by atoms with Crippen LogP contribution in [0.3, 0.4) is 0 Å². The number of anilines is 1. The molecule has 1 aromatic carbocycles. The quantitative estimate of drug-likeness (QED) is 0.391. The van der Waals surface area contributed by atoms with Crippen LogP contribution in [0.2, 0.25) is 0 Å². The van der Waals surface area contributed by atoms with Gasteiger partial charge in [0.25, 0.3) is 0 Å². The predicted octanol–water partition coefficient (Wildman–Crippen LogP) is 6.07. The molecule has 1 N–H and O–H groups in total. The maximum atomic E-state index is 13.4. The fourth-order valence-corrected chi connectivity index (χ4v) is 4.41. The van der Waals surface area contributed by atoms with E-state index in [0.29, 0.717) is 40.6 Å². The van der Waals surface area contributed by atoms with E-state index < -0.39 is 0 Å². The van der Waals surface area contributed by atoms with Crippen LogP contribution < -0.4 is 5.32 Å². The fourth-order valence-electron chi connectivity index (χ4n) is 4.41. The molecule has 0 spiro atoms. The zero-order valence-electron chi connectivity index (χ0n) is 20.6. The molecule has 0 unspecified atom stereocenters. The van der Waals surface area contributed by atoms with E-state index in [4.69, 9.17) is 4.52 Å². The van der Waals surface area contributed by atoms with Crippen LogP contribution in [0, 0.1) is 24.6 Å². The van der Waals surface area contributed by atoms with Crippen LogP contribution >= 0.6 is 0 Å². The third kappa shape index (κ3) is 5.72. The van der Waals surface area contributed by atoms with Gasteiger partial charge in [-0.25, -0.2) is 4.39 Å². The van der Waals surface area contributed by atoms with Crippen molar-refractivity contribution in [1.82, 2.24) is 19.9 Å². The lowest BCUT2D eigenvalue weighted by Crippen LogP contribution is -2.20. The van der Waals surface area contributed by atoms with Gasteiger partial charge in [-0.05, 0) is 61.8 Å². The highest BCUT2D eigenvalue weighted by Gasteiger charge is 2.34. The second-order valence-electron chi connectivity index (χ2n) is 10.3. The standard InChI is InChI=1S/C26H34FN5O2/c1-15(2)10-18(13-24(33)28-22-9-6-19(27)12-17(22)5)25-29-30-26(32(25)20-7-8-20)23-14-21(34-31-23)11-16(3)4/h6,9,12,14-16,18,20H,7-8,10-11,13H2,1-5H3,(H,28,33)/t18-/m0/s1. The normalized spacial score (nSPS) is 14.7. The van der Waals surface area contributed by atoms with Crippen molar-refractivity contribution in [3.8, 4) is 11.5 Å². The Morgan fingerprint density at radius 1 is 1.18 bits per heavy atom. The zero-order chi connectivity index (χ0) is 24.4. The number of hydrogen-bond acceptors (Lipinski definition) is 5. The molecule has 0 radical (unpaired) electrons. The van der Waals surface area contributed by atoms with Crippen molar-refractivity contribution in [2.75, 3.05) is 5.32 Å². The molecular formula is C26H34FN5O2. The van der Waals surface area contributed by atoms with Gasteiger partial charge >= 0.3 is 0 Å². The Bertz CT molecular complexity index is 1150. The predicted molar refractivity (Wildman–Crippen MR) is 129 cm³/mol. The summed E-state index contributed by atoms with van der Waals surface area (Å²) < 4.78 is 21.2. The van der Waals surface area contributed by atoms with Gasteiger partial charge in [0.2, 0.25) is 5.91 Å². The average Bonchev–Trinajstić information content (AvgIpc) is 3.32. The van der Waals surface area contributed by atoms with Gasteiger partial charge in [-0.3, -0.25) is 4.79 Å². The molecule has 182 valence electrons. The minimum Gasteiger partial charge on any atom is -0.361 e. The Morgan fingerprint density at radius 3 is 2.59 bits per heavy atom. The molecule has 1 fully saturated rings. The first kappa shape index (κ1) is 24.1. The largest absolute Gasteiger partial charge is 0.361 e. The summed E-state index contributed by atoms with van der Waals surface area (Å²) in [5, 5.41) is 16.3. The number of nitrogens with zero attached hydrogens (tertiary/aromatic N) is 4. The summed E-state index contributed by atoms with van der Waals surface area (Å²) >= 11 is 0. The Labute approximate surface area is 200 Å². The van der Waals surface area contributed by atoms with Crippen LogP contribution in [0.5, 0.6) is 0 Å². The van der Waals surface area contributed by atoms with Crippen LogP contribution in [0.1, 0.15) is 82.5 Å². The summed E-state index contributed by atoms with van der Waals surface area (Å²) in [4.78, 5) is 13.0. The summed E-state index contributed by atoms with van der Waals surface area (Å²) in [5.74, 6) is 2.69. The van der Waals surface area contributed by atoms with E-state index in [9.17, 15) is 9.18 Å². The Balaban J connectivity index is 1.60. The van der Waals surface area contributed by atoms with E-state index in [1.54, 1.807) is 13.0 Å². The van der Waals surface area contributed by atoms with Gasteiger partial charge in [0.15, 0.2) is 11.5 Å². The molecule has 2 aromatic heterocycles. The molecule has 4 rings (SSSR count). The second kappa shape index (κ2) is 10.1. The molecule has 1 aliphatic carbocycles. The van der Waals surface area contributed by atoms with Gasteiger partial charge in [0.05, 0.1) is 0 Å². The number of amides is 1. The number of halogens is 1. The molecule has 0 saturated heterocycles. The van der Waals surface area contributed by atoms with E-state index in [1.807, 2.05) is 6.07 Å². The number of nitrogens with one attached hydrogen (secondary N) is 1. The van der Waals surface area contributed by atoms with Crippen molar-refractivity contribution < 1.29 is 13.7 Å². The number of aryl methyl sites for hydroxylation is 1. The lowest BCUT2D eigenvalue weighted by molar-refractivity contribution is -0.116. The van der Waals surface area contributed by atoms with Crippen LogP contribution in [0.15, 0.2) is 28.8 Å². The second-order valence-corrected chi connectivity index (χ2v) is 10.3. The molecule has 0 bridgehead atoms. The molecule has 1 amide bonds. The first-order valence-electron chi connectivity index (χ1n) is 12.2. The highest BCUT2D eigenvalue weighted by molar-refractivity contribution is 5.91. The van der Waals surface area contributed by atoms with E-state index in [1.165, 1.54) is 12.1 Å². The van der Waals surface area contributed by atoms with Gasteiger partial charge < -0.3 is 14.4 Å². The molecular weight excluding hydrogens is 433 g/mol. The topological polar surface area (TPSA) is 85.8 Å². The molecule has 8 heteroatoms. The molecule has 3 aromatic rings. The number of rotatable bonds is 10. The maximum absolute atomic E-state index is 13.4. The fraction of sp³-hybridized carbons (Fsp3) is 0.538. The monoisotopic (exact) mass is 467 g/mol. The Kier molecular flexibility index (Phi) is 7.14. The van der Waals surface area contributed by atoms with Crippen molar-refractivity contribution >= 4 is 11.6 Å². The number of benzene rings is 1. The third-order valence-electron chi connectivity index (χ3n) is 6.05. The summed E-state index contributed by atoms with van der Waals surface area (Å²) in [6.07, 6.45) is 4.01. The van der Waals surface area contributed by atoms with Crippen LogP contribution in [0.4, 0.5) is 10.1 Å². The van der Waals surface area contributed by atoms with Crippen molar-refractivity contribution in [3.63, 3.8) is 0 Å².